The molecule has 0 radical (unpaired) electrons. The highest BCUT2D eigenvalue weighted by Gasteiger charge is 2.26. The van der Waals surface area contributed by atoms with Crippen molar-refractivity contribution in [3.8, 4) is 0 Å². The molecule has 1 aromatic carbocycles. The van der Waals surface area contributed by atoms with Gasteiger partial charge in [0.1, 0.15) is 0 Å². The molecule has 1 aromatic rings. The molecule has 2 aliphatic heterocycles. The third-order valence-corrected chi connectivity index (χ3v) is 5.07. The molecule has 0 aliphatic carbocycles. The van der Waals surface area contributed by atoms with Crippen molar-refractivity contribution in [2.24, 2.45) is 11.7 Å². The van der Waals surface area contributed by atoms with Crippen molar-refractivity contribution in [3.05, 3.63) is 29.8 Å². The molecular weight excluding hydrogens is 318 g/mol. The highest BCUT2D eigenvalue weighted by atomic mass is 16.5. The summed E-state index contributed by atoms with van der Waals surface area (Å²) in [5, 5.41) is 2.92. The van der Waals surface area contributed by atoms with Gasteiger partial charge in [0, 0.05) is 38.4 Å². The lowest BCUT2D eigenvalue weighted by Crippen LogP contribution is -2.44. The van der Waals surface area contributed by atoms with Crippen LogP contribution in [0.1, 0.15) is 37.7 Å². The van der Waals surface area contributed by atoms with Gasteiger partial charge in [-0.05, 0) is 49.3 Å². The predicted octanol–water partition coefficient (Wildman–Crippen LogP) is 1.89. The van der Waals surface area contributed by atoms with E-state index in [1.807, 2.05) is 29.2 Å². The van der Waals surface area contributed by atoms with Gasteiger partial charge in [-0.25, -0.2) is 0 Å². The highest BCUT2D eigenvalue weighted by Crippen LogP contribution is 2.20. The van der Waals surface area contributed by atoms with Crippen molar-refractivity contribution in [1.29, 1.82) is 0 Å². The van der Waals surface area contributed by atoms with Gasteiger partial charge in [0.25, 0.3) is 0 Å². The number of nitrogens with one attached hydrogen (secondary N) is 1. The molecule has 0 bridgehead atoms. The van der Waals surface area contributed by atoms with E-state index in [0.29, 0.717) is 26.2 Å². The zero-order valence-electron chi connectivity index (χ0n) is 14.6. The number of carbonyl (C=O) groups excluding carboxylic acids is 2. The first-order valence-electron chi connectivity index (χ1n) is 9.14. The Balaban J connectivity index is 1.59. The molecule has 2 amide bonds. The first-order valence-corrected chi connectivity index (χ1v) is 9.14. The summed E-state index contributed by atoms with van der Waals surface area (Å²) in [5.74, 6) is 0.225. The van der Waals surface area contributed by atoms with Crippen LogP contribution in [0.15, 0.2) is 24.3 Å². The molecular formula is C19H27N3O3. The van der Waals surface area contributed by atoms with Gasteiger partial charge >= 0.3 is 0 Å². The number of amides is 2. The van der Waals surface area contributed by atoms with Crippen LogP contribution in [0.5, 0.6) is 0 Å². The van der Waals surface area contributed by atoms with Crippen molar-refractivity contribution in [2.45, 2.75) is 44.7 Å². The topological polar surface area (TPSA) is 84.7 Å². The van der Waals surface area contributed by atoms with Crippen LogP contribution < -0.4 is 11.1 Å². The molecule has 0 spiro atoms. The van der Waals surface area contributed by atoms with E-state index in [2.05, 4.69) is 5.32 Å². The summed E-state index contributed by atoms with van der Waals surface area (Å²) in [4.78, 5) is 26.3. The first kappa shape index (κ1) is 17.9. The summed E-state index contributed by atoms with van der Waals surface area (Å²) in [7, 11) is 0. The quantitative estimate of drug-likeness (QED) is 0.853. The molecule has 6 heteroatoms. The average Bonchev–Trinajstić information content (AvgIpc) is 2.64. The molecule has 136 valence electrons. The highest BCUT2D eigenvalue weighted by molar-refractivity contribution is 5.95. The van der Waals surface area contributed by atoms with Crippen molar-refractivity contribution >= 4 is 17.5 Å². The Morgan fingerprint density at radius 1 is 1.32 bits per heavy atom. The Morgan fingerprint density at radius 2 is 2.12 bits per heavy atom. The van der Waals surface area contributed by atoms with Crippen LogP contribution in [0.2, 0.25) is 0 Å². The molecule has 3 N–H and O–H groups in total. The number of carbonyl (C=O) groups is 2. The lowest BCUT2D eigenvalue weighted by molar-refractivity contribution is -0.133. The Morgan fingerprint density at radius 3 is 2.88 bits per heavy atom. The number of nitrogens with two attached hydrogens (primary N) is 1. The number of ether oxygens (including phenoxy) is 1. The Hall–Kier alpha value is -1.92. The fourth-order valence-corrected chi connectivity index (χ4v) is 3.51. The van der Waals surface area contributed by atoms with E-state index >= 15 is 0 Å². The third-order valence-electron chi connectivity index (χ3n) is 5.07. The first-order chi connectivity index (χ1) is 12.1. The molecule has 2 saturated heterocycles. The molecule has 2 fully saturated rings. The van der Waals surface area contributed by atoms with E-state index in [4.69, 9.17) is 10.5 Å². The summed E-state index contributed by atoms with van der Waals surface area (Å²) >= 11 is 0. The monoisotopic (exact) mass is 345 g/mol. The zero-order valence-corrected chi connectivity index (χ0v) is 14.6. The number of benzene rings is 1. The maximum absolute atomic E-state index is 12.4. The van der Waals surface area contributed by atoms with Crippen LogP contribution in [0.3, 0.4) is 0 Å². The van der Waals surface area contributed by atoms with Gasteiger partial charge in [-0.1, -0.05) is 12.1 Å². The minimum atomic E-state index is -0.517. The minimum Gasteiger partial charge on any atom is -0.381 e. The number of piperidine rings is 1. The van der Waals surface area contributed by atoms with Crippen LogP contribution in [-0.4, -0.2) is 42.5 Å². The van der Waals surface area contributed by atoms with Gasteiger partial charge in [0.15, 0.2) is 0 Å². The number of likely N-dealkylation sites (tertiary alicyclic amines) is 1. The lowest BCUT2D eigenvalue weighted by Gasteiger charge is -2.27. The summed E-state index contributed by atoms with van der Waals surface area (Å²) in [6.45, 7) is 2.74. The maximum Gasteiger partial charge on any atom is 0.241 e. The van der Waals surface area contributed by atoms with Crippen molar-refractivity contribution in [1.82, 2.24) is 4.90 Å². The zero-order chi connectivity index (χ0) is 17.6. The molecule has 6 nitrogen and oxygen atoms in total. The SMILES string of the molecule is NC(C(=O)Nc1cccc(CN2CCCCC2=O)c1)C1CCOCC1. The summed E-state index contributed by atoms with van der Waals surface area (Å²) in [6, 6.07) is 7.15. The second-order valence-electron chi connectivity index (χ2n) is 6.94. The number of anilines is 1. The summed E-state index contributed by atoms with van der Waals surface area (Å²) in [6.07, 6.45) is 4.32. The van der Waals surface area contributed by atoms with Crippen LogP contribution in [0.4, 0.5) is 5.69 Å². The van der Waals surface area contributed by atoms with Gasteiger partial charge in [0.05, 0.1) is 6.04 Å². The van der Waals surface area contributed by atoms with E-state index in [1.165, 1.54) is 0 Å². The molecule has 2 heterocycles. The second-order valence-corrected chi connectivity index (χ2v) is 6.94. The van der Waals surface area contributed by atoms with Gasteiger partial charge in [-0.2, -0.15) is 0 Å². The normalized spacial score (nSPS) is 20.4. The maximum atomic E-state index is 12.4. The van der Waals surface area contributed by atoms with Crippen LogP contribution >= 0.6 is 0 Å². The van der Waals surface area contributed by atoms with Gasteiger partial charge in [-0.3, -0.25) is 9.59 Å². The van der Waals surface area contributed by atoms with Gasteiger partial charge in [-0.15, -0.1) is 0 Å². The number of hydrogen-bond donors (Lipinski definition) is 2. The van der Waals surface area contributed by atoms with E-state index in [0.717, 1.165) is 43.5 Å². The fourth-order valence-electron chi connectivity index (χ4n) is 3.51. The molecule has 2 aliphatic rings. The molecule has 25 heavy (non-hydrogen) atoms. The van der Waals surface area contributed by atoms with E-state index in [9.17, 15) is 9.59 Å². The third kappa shape index (κ3) is 4.80. The van der Waals surface area contributed by atoms with Crippen molar-refractivity contribution in [2.75, 3.05) is 25.1 Å². The van der Waals surface area contributed by atoms with Crippen LogP contribution in [0, 0.1) is 5.92 Å². The Labute approximate surface area is 148 Å². The number of hydrogen-bond acceptors (Lipinski definition) is 4. The van der Waals surface area contributed by atoms with Crippen molar-refractivity contribution < 1.29 is 14.3 Å². The molecule has 3 rings (SSSR count). The molecule has 0 saturated carbocycles. The largest absolute Gasteiger partial charge is 0.381 e. The van der Waals surface area contributed by atoms with Crippen molar-refractivity contribution in [3.63, 3.8) is 0 Å². The second kappa shape index (κ2) is 8.45. The minimum absolute atomic E-state index is 0.155. The number of rotatable bonds is 5. The predicted molar refractivity (Wildman–Crippen MR) is 95.9 cm³/mol. The van der Waals surface area contributed by atoms with E-state index < -0.39 is 6.04 Å². The number of nitrogens with zero attached hydrogens (tertiary/aromatic N) is 1. The van der Waals surface area contributed by atoms with Gasteiger partial charge < -0.3 is 20.7 Å². The summed E-state index contributed by atoms with van der Waals surface area (Å²) in [5.41, 5.74) is 7.88. The average molecular weight is 345 g/mol. The Bertz CT molecular complexity index is 614. The van der Waals surface area contributed by atoms with E-state index in [1.54, 1.807) is 0 Å². The molecule has 0 aromatic heterocycles. The van der Waals surface area contributed by atoms with Crippen LogP contribution in [-0.2, 0) is 20.9 Å². The Kier molecular flexibility index (Phi) is 6.04. The van der Waals surface area contributed by atoms with Gasteiger partial charge in [0.2, 0.25) is 11.8 Å². The molecule has 1 atom stereocenters. The molecule has 1 unspecified atom stereocenters. The summed E-state index contributed by atoms with van der Waals surface area (Å²) < 4.78 is 5.33. The van der Waals surface area contributed by atoms with E-state index in [-0.39, 0.29) is 17.7 Å². The smallest absolute Gasteiger partial charge is 0.241 e. The lowest BCUT2D eigenvalue weighted by atomic mass is 9.92. The fraction of sp³-hybridized carbons (Fsp3) is 0.579. The standard InChI is InChI=1S/C19H27N3O3/c20-18(15-7-10-25-11-8-15)19(24)21-16-5-3-4-14(12-16)13-22-9-2-1-6-17(22)23/h3-5,12,15,18H,1-2,6-11,13,20H2,(H,21,24). The van der Waals surface area contributed by atoms with Crippen LogP contribution in [0.25, 0.3) is 0 Å².